The number of benzene rings is 1. The molecule has 0 bridgehead atoms. The van der Waals surface area contributed by atoms with Crippen molar-refractivity contribution in [3.63, 3.8) is 0 Å². The summed E-state index contributed by atoms with van der Waals surface area (Å²) in [5, 5.41) is 3.12. The second kappa shape index (κ2) is 5.11. The van der Waals surface area contributed by atoms with Gasteiger partial charge in [0.05, 0.1) is 12.8 Å². The predicted octanol–water partition coefficient (Wildman–Crippen LogP) is 2.59. The van der Waals surface area contributed by atoms with E-state index in [0.29, 0.717) is 17.0 Å². The van der Waals surface area contributed by atoms with Crippen LogP contribution in [0.3, 0.4) is 0 Å². The average molecular weight is 262 g/mol. The number of carbonyl (C=O) groups is 1. The van der Waals surface area contributed by atoms with E-state index in [1.165, 1.54) is 6.42 Å². The molecule has 19 heavy (non-hydrogen) atoms. The Bertz CT molecular complexity index is 483. The van der Waals surface area contributed by atoms with Gasteiger partial charge in [0.25, 0.3) is 5.91 Å². The Kier molecular flexibility index (Phi) is 3.69. The van der Waals surface area contributed by atoms with Crippen LogP contribution in [-0.2, 0) is 0 Å². The van der Waals surface area contributed by atoms with Crippen LogP contribution in [0.5, 0.6) is 5.75 Å². The van der Waals surface area contributed by atoms with Crippen LogP contribution in [0.1, 0.15) is 43.5 Å². The first-order valence-electron chi connectivity index (χ1n) is 6.68. The number of amides is 1. The molecule has 0 radical (unpaired) electrons. The van der Waals surface area contributed by atoms with E-state index < -0.39 is 0 Å². The molecule has 3 N–H and O–H groups in total. The van der Waals surface area contributed by atoms with Gasteiger partial charge in [0.1, 0.15) is 5.75 Å². The van der Waals surface area contributed by atoms with Gasteiger partial charge in [0.2, 0.25) is 0 Å². The Morgan fingerprint density at radius 1 is 1.47 bits per heavy atom. The summed E-state index contributed by atoms with van der Waals surface area (Å²) in [6.07, 6.45) is 3.37. The van der Waals surface area contributed by atoms with Gasteiger partial charge >= 0.3 is 0 Å². The third-order valence-corrected chi connectivity index (χ3v) is 4.06. The van der Waals surface area contributed by atoms with Crippen molar-refractivity contribution >= 4 is 11.6 Å². The minimum atomic E-state index is -0.0572. The number of hydrogen-bond acceptors (Lipinski definition) is 3. The Labute approximate surface area is 114 Å². The van der Waals surface area contributed by atoms with Crippen LogP contribution >= 0.6 is 0 Å². The zero-order chi connectivity index (χ0) is 14.0. The molecule has 104 valence electrons. The van der Waals surface area contributed by atoms with Gasteiger partial charge < -0.3 is 15.8 Å². The molecule has 4 nitrogen and oxygen atoms in total. The van der Waals surface area contributed by atoms with Crippen LogP contribution < -0.4 is 15.8 Å². The highest BCUT2D eigenvalue weighted by atomic mass is 16.5. The molecular weight excluding hydrogens is 240 g/mol. The number of hydrogen-bond donors (Lipinski definition) is 2. The lowest BCUT2D eigenvalue weighted by atomic mass is 9.87. The van der Waals surface area contributed by atoms with Crippen molar-refractivity contribution in [2.24, 2.45) is 5.41 Å². The van der Waals surface area contributed by atoms with Gasteiger partial charge in [-0.2, -0.15) is 0 Å². The minimum Gasteiger partial charge on any atom is -0.495 e. The quantitative estimate of drug-likeness (QED) is 0.823. The Balaban J connectivity index is 2.12. The predicted molar refractivity (Wildman–Crippen MR) is 76.3 cm³/mol. The fourth-order valence-electron chi connectivity index (χ4n) is 2.69. The number of methoxy groups -OCH3 is 1. The van der Waals surface area contributed by atoms with Crippen molar-refractivity contribution in [1.82, 2.24) is 5.32 Å². The lowest BCUT2D eigenvalue weighted by Gasteiger charge is -2.27. The van der Waals surface area contributed by atoms with Crippen LogP contribution in [-0.4, -0.2) is 19.1 Å². The second-order valence-corrected chi connectivity index (χ2v) is 5.86. The molecule has 1 aromatic carbocycles. The molecule has 1 saturated carbocycles. The molecular formula is C15H22N2O2. The smallest absolute Gasteiger partial charge is 0.251 e. The molecule has 0 aromatic heterocycles. The van der Waals surface area contributed by atoms with Crippen LogP contribution in [0, 0.1) is 5.41 Å². The second-order valence-electron chi connectivity index (χ2n) is 5.86. The summed E-state index contributed by atoms with van der Waals surface area (Å²) in [5.41, 5.74) is 7.06. The number of carbonyl (C=O) groups excluding carboxylic acids is 1. The fourth-order valence-corrected chi connectivity index (χ4v) is 2.69. The maximum absolute atomic E-state index is 12.3. The first-order valence-corrected chi connectivity index (χ1v) is 6.68. The molecule has 1 aliphatic carbocycles. The summed E-state index contributed by atoms with van der Waals surface area (Å²) in [7, 11) is 1.55. The maximum Gasteiger partial charge on any atom is 0.251 e. The fraction of sp³-hybridized carbons (Fsp3) is 0.533. The Morgan fingerprint density at radius 2 is 2.21 bits per heavy atom. The van der Waals surface area contributed by atoms with Gasteiger partial charge in [-0.3, -0.25) is 4.79 Å². The number of rotatable bonds is 3. The van der Waals surface area contributed by atoms with Gasteiger partial charge in [-0.25, -0.2) is 0 Å². The summed E-state index contributed by atoms with van der Waals surface area (Å²) in [6, 6.07) is 5.36. The van der Waals surface area contributed by atoms with Crippen molar-refractivity contribution in [2.75, 3.05) is 12.8 Å². The summed E-state index contributed by atoms with van der Waals surface area (Å²) >= 11 is 0. The highest BCUT2D eigenvalue weighted by molar-refractivity contribution is 5.95. The van der Waals surface area contributed by atoms with Gasteiger partial charge in [0.15, 0.2) is 0 Å². The van der Waals surface area contributed by atoms with E-state index in [2.05, 4.69) is 19.2 Å². The third kappa shape index (κ3) is 2.83. The molecule has 1 amide bonds. The molecule has 0 heterocycles. The largest absolute Gasteiger partial charge is 0.495 e. The van der Waals surface area contributed by atoms with E-state index in [9.17, 15) is 4.79 Å². The molecule has 4 heteroatoms. The van der Waals surface area contributed by atoms with E-state index in [0.717, 1.165) is 12.8 Å². The average Bonchev–Trinajstić information content (AvgIpc) is 2.69. The normalized spacial score (nSPS) is 21.1. The topological polar surface area (TPSA) is 64.3 Å². The molecule has 0 spiro atoms. The lowest BCUT2D eigenvalue weighted by molar-refractivity contribution is 0.0909. The van der Waals surface area contributed by atoms with Crippen molar-refractivity contribution in [3.05, 3.63) is 23.8 Å². The van der Waals surface area contributed by atoms with E-state index in [1.54, 1.807) is 25.3 Å². The molecule has 1 aliphatic rings. The van der Waals surface area contributed by atoms with E-state index >= 15 is 0 Å². The van der Waals surface area contributed by atoms with Gasteiger partial charge in [-0.15, -0.1) is 0 Å². The monoisotopic (exact) mass is 262 g/mol. The lowest BCUT2D eigenvalue weighted by Crippen LogP contribution is -2.41. The van der Waals surface area contributed by atoms with Crippen molar-refractivity contribution in [2.45, 2.75) is 39.2 Å². The van der Waals surface area contributed by atoms with Crippen LogP contribution in [0.15, 0.2) is 18.2 Å². The summed E-state index contributed by atoms with van der Waals surface area (Å²) in [5.74, 6) is 0.483. The van der Waals surface area contributed by atoms with E-state index in [4.69, 9.17) is 10.5 Å². The Morgan fingerprint density at radius 3 is 2.79 bits per heavy atom. The van der Waals surface area contributed by atoms with Crippen LogP contribution in [0.4, 0.5) is 5.69 Å². The standard InChI is InChI=1S/C15H22N2O2/c1-15(2)8-4-5-13(15)17-14(18)10-6-7-11(16)12(9-10)19-3/h6-7,9,13H,4-5,8,16H2,1-3H3,(H,17,18). The van der Waals surface area contributed by atoms with Gasteiger partial charge in [-0.1, -0.05) is 20.3 Å². The first-order chi connectivity index (χ1) is 8.94. The highest BCUT2D eigenvalue weighted by Gasteiger charge is 2.35. The van der Waals surface area contributed by atoms with Gasteiger partial charge in [0, 0.05) is 11.6 Å². The zero-order valence-electron chi connectivity index (χ0n) is 11.8. The summed E-state index contributed by atoms with van der Waals surface area (Å²) in [6.45, 7) is 4.41. The van der Waals surface area contributed by atoms with Gasteiger partial charge in [-0.05, 0) is 36.5 Å². The molecule has 1 aromatic rings. The number of anilines is 1. The maximum atomic E-state index is 12.3. The SMILES string of the molecule is COc1cc(C(=O)NC2CCCC2(C)C)ccc1N. The first kappa shape index (κ1) is 13.7. The summed E-state index contributed by atoms with van der Waals surface area (Å²) < 4.78 is 5.14. The van der Waals surface area contributed by atoms with Crippen molar-refractivity contribution < 1.29 is 9.53 Å². The summed E-state index contributed by atoms with van der Waals surface area (Å²) in [4.78, 5) is 12.3. The van der Waals surface area contributed by atoms with E-state index in [-0.39, 0.29) is 17.4 Å². The molecule has 1 unspecified atom stereocenters. The third-order valence-electron chi connectivity index (χ3n) is 4.06. The zero-order valence-corrected chi connectivity index (χ0v) is 11.8. The molecule has 1 fully saturated rings. The van der Waals surface area contributed by atoms with Crippen molar-refractivity contribution in [1.29, 1.82) is 0 Å². The molecule has 2 rings (SSSR count). The molecule has 0 saturated heterocycles. The number of nitrogens with one attached hydrogen (secondary N) is 1. The molecule has 0 aliphatic heterocycles. The van der Waals surface area contributed by atoms with Crippen LogP contribution in [0.2, 0.25) is 0 Å². The van der Waals surface area contributed by atoms with Crippen LogP contribution in [0.25, 0.3) is 0 Å². The number of ether oxygens (including phenoxy) is 1. The molecule has 1 atom stereocenters. The Hall–Kier alpha value is -1.71. The highest BCUT2D eigenvalue weighted by Crippen LogP contribution is 2.37. The van der Waals surface area contributed by atoms with E-state index in [1.807, 2.05) is 0 Å². The minimum absolute atomic E-state index is 0.0572. The van der Waals surface area contributed by atoms with Crippen molar-refractivity contribution in [3.8, 4) is 5.75 Å². The number of nitrogens with two attached hydrogens (primary N) is 1. The number of nitrogen functional groups attached to an aromatic ring is 1.